The third-order valence-electron chi connectivity index (χ3n) is 8.01. The molecular formula is C36H35N3O2S. The highest BCUT2D eigenvalue weighted by molar-refractivity contribution is 8.01. The maximum atomic E-state index is 13.4. The fraction of sp³-hybridized carbons (Fsp3) is 0.222. The minimum Gasteiger partial charge on any atom is -0.445 e. The van der Waals surface area contributed by atoms with Crippen LogP contribution in [0.4, 0.5) is 10.5 Å². The first-order chi connectivity index (χ1) is 20.7. The van der Waals surface area contributed by atoms with E-state index >= 15 is 0 Å². The lowest BCUT2D eigenvalue weighted by molar-refractivity contribution is 0.108. The molecule has 212 valence electrons. The van der Waals surface area contributed by atoms with E-state index in [0.717, 1.165) is 30.8 Å². The number of hydrogen-bond donors (Lipinski definition) is 0. The number of likely N-dealkylation sites (tertiary alicyclic amines) is 1. The van der Waals surface area contributed by atoms with Gasteiger partial charge in [0.25, 0.3) is 0 Å². The number of carbonyl (C=O) groups is 1. The van der Waals surface area contributed by atoms with Gasteiger partial charge in [-0.3, -0.25) is 4.99 Å². The van der Waals surface area contributed by atoms with Crippen molar-refractivity contribution in [1.82, 2.24) is 4.90 Å². The van der Waals surface area contributed by atoms with E-state index in [-0.39, 0.29) is 24.0 Å². The molecule has 1 amide bonds. The molecule has 0 N–H and O–H groups in total. The Kier molecular flexibility index (Phi) is 8.42. The average Bonchev–Trinajstić information content (AvgIpc) is 3.75. The van der Waals surface area contributed by atoms with E-state index in [2.05, 4.69) is 132 Å². The minimum absolute atomic E-state index is 0.0962. The number of carbonyl (C=O) groups excluding carboxylic acids is 1. The van der Waals surface area contributed by atoms with E-state index in [4.69, 9.17) is 4.74 Å². The Morgan fingerprint density at radius 3 is 1.95 bits per heavy atom. The molecule has 0 saturated carbocycles. The van der Waals surface area contributed by atoms with Crippen LogP contribution >= 0.6 is 11.8 Å². The van der Waals surface area contributed by atoms with E-state index in [1.54, 1.807) is 6.08 Å². The third-order valence-corrected chi connectivity index (χ3v) is 9.74. The number of nitrogens with zero attached hydrogens (tertiary/aromatic N) is 3. The van der Waals surface area contributed by atoms with Gasteiger partial charge in [0.15, 0.2) is 0 Å². The molecular weight excluding hydrogens is 538 g/mol. The second-order valence-corrected chi connectivity index (χ2v) is 12.1. The molecule has 2 heterocycles. The number of hydrogen-bond acceptors (Lipinski definition) is 5. The molecule has 4 aromatic rings. The van der Waals surface area contributed by atoms with Gasteiger partial charge in [-0.05, 0) is 40.8 Å². The SMILES string of the molecule is C=CCOC(=O)N1C[C@@H](SC(c2ccccc2)(c2ccccc2)c2ccccc2)C[C@@H]1c1ccc(N2C=NCC2)cc1. The minimum atomic E-state index is -0.459. The van der Waals surface area contributed by atoms with E-state index in [1.807, 2.05) is 23.0 Å². The van der Waals surface area contributed by atoms with Gasteiger partial charge in [0.1, 0.15) is 6.61 Å². The number of ether oxygens (including phenoxy) is 1. The Bertz CT molecular complexity index is 1410. The predicted molar refractivity (Wildman–Crippen MR) is 173 cm³/mol. The van der Waals surface area contributed by atoms with Crippen LogP contribution in [0.15, 0.2) is 133 Å². The number of anilines is 1. The summed E-state index contributed by atoms with van der Waals surface area (Å²) in [5.41, 5.74) is 5.87. The summed E-state index contributed by atoms with van der Waals surface area (Å²) in [6.45, 7) is 6.21. The van der Waals surface area contributed by atoms with Crippen LogP contribution in [0, 0.1) is 0 Å². The summed E-state index contributed by atoms with van der Waals surface area (Å²) in [5, 5.41) is 0.150. The lowest BCUT2D eigenvalue weighted by Gasteiger charge is -2.37. The van der Waals surface area contributed by atoms with Crippen molar-refractivity contribution in [3.05, 3.63) is 150 Å². The molecule has 2 atom stereocenters. The molecule has 2 aliphatic heterocycles. The second-order valence-electron chi connectivity index (χ2n) is 10.6. The highest BCUT2D eigenvalue weighted by Gasteiger charge is 2.45. The van der Waals surface area contributed by atoms with Crippen molar-refractivity contribution < 1.29 is 9.53 Å². The van der Waals surface area contributed by atoms with Gasteiger partial charge < -0.3 is 14.5 Å². The van der Waals surface area contributed by atoms with Crippen molar-refractivity contribution in [3.8, 4) is 0 Å². The zero-order valence-electron chi connectivity index (χ0n) is 23.6. The highest BCUT2D eigenvalue weighted by atomic mass is 32.2. The highest BCUT2D eigenvalue weighted by Crippen LogP contribution is 2.53. The zero-order chi connectivity index (χ0) is 28.8. The fourth-order valence-corrected chi connectivity index (χ4v) is 7.88. The zero-order valence-corrected chi connectivity index (χ0v) is 24.4. The molecule has 6 heteroatoms. The van der Waals surface area contributed by atoms with Gasteiger partial charge in [-0.25, -0.2) is 4.79 Å². The average molecular weight is 574 g/mol. The largest absolute Gasteiger partial charge is 0.445 e. The van der Waals surface area contributed by atoms with Gasteiger partial charge >= 0.3 is 6.09 Å². The standard InChI is InChI=1S/C36H35N3O2S/c1-2-24-41-35(40)39-26-33(25-34(39)28-18-20-32(21-19-28)38-23-22-37-27-38)42-36(29-12-6-3-7-13-29,30-14-8-4-9-15-30)31-16-10-5-11-17-31/h2-21,27,33-34H,1,22-26H2/t33-,34+/m0/s1. The van der Waals surface area contributed by atoms with Gasteiger partial charge in [-0.15, -0.1) is 11.8 Å². The van der Waals surface area contributed by atoms with Gasteiger partial charge in [-0.1, -0.05) is 116 Å². The summed E-state index contributed by atoms with van der Waals surface area (Å²) in [5.74, 6) is 0. The second kappa shape index (κ2) is 12.7. The van der Waals surface area contributed by atoms with Crippen LogP contribution in [0.5, 0.6) is 0 Å². The van der Waals surface area contributed by atoms with Gasteiger partial charge in [0.2, 0.25) is 0 Å². The molecule has 1 saturated heterocycles. The monoisotopic (exact) mass is 573 g/mol. The number of aliphatic imine (C=N–C) groups is 1. The van der Waals surface area contributed by atoms with Crippen molar-refractivity contribution in [2.45, 2.75) is 22.5 Å². The van der Waals surface area contributed by atoms with Crippen LogP contribution in [0.3, 0.4) is 0 Å². The van der Waals surface area contributed by atoms with Crippen molar-refractivity contribution >= 4 is 29.9 Å². The lowest BCUT2D eigenvalue weighted by Crippen LogP contribution is -2.33. The molecule has 4 aromatic carbocycles. The molecule has 0 aromatic heterocycles. The maximum absolute atomic E-state index is 13.4. The van der Waals surface area contributed by atoms with Crippen LogP contribution in [-0.2, 0) is 9.48 Å². The van der Waals surface area contributed by atoms with Crippen molar-refractivity contribution in [1.29, 1.82) is 0 Å². The number of benzene rings is 4. The molecule has 0 spiro atoms. The summed E-state index contributed by atoms with van der Waals surface area (Å²) >= 11 is 1.93. The topological polar surface area (TPSA) is 45.1 Å². The lowest BCUT2D eigenvalue weighted by atomic mass is 9.84. The number of amides is 1. The molecule has 5 nitrogen and oxygen atoms in total. The number of thioether (sulfide) groups is 1. The van der Waals surface area contributed by atoms with Crippen molar-refractivity contribution in [3.63, 3.8) is 0 Å². The van der Waals surface area contributed by atoms with Crippen LogP contribution in [0.25, 0.3) is 0 Å². The molecule has 1 fully saturated rings. The maximum Gasteiger partial charge on any atom is 0.410 e. The molecule has 0 radical (unpaired) electrons. The Morgan fingerprint density at radius 2 is 1.45 bits per heavy atom. The first-order valence-electron chi connectivity index (χ1n) is 14.4. The van der Waals surface area contributed by atoms with Crippen molar-refractivity contribution in [2.24, 2.45) is 4.99 Å². The molecule has 0 bridgehead atoms. The first kappa shape index (κ1) is 27.9. The van der Waals surface area contributed by atoms with Crippen molar-refractivity contribution in [2.75, 3.05) is 31.1 Å². The van der Waals surface area contributed by atoms with Gasteiger partial charge in [-0.2, -0.15) is 0 Å². The summed E-state index contributed by atoms with van der Waals surface area (Å²) < 4.78 is 5.14. The molecule has 0 unspecified atom stereocenters. The van der Waals surface area contributed by atoms with E-state index in [0.29, 0.717) is 6.54 Å². The van der Waals surface area contributed by atoms with Crippen LogP contribution in [-0.4, -0.2) is 48.8 Å². The third kappa shape index (κ3) is 5.59. The van der Waals surface area contributed by atoms with Gasteiger partial charge in [0.05, 0.1) is 23.7 Å². The van der Waals surface area contributed by atoms with Crippen LogP contribution < -0.4 is 4.90 Å². The number of rotatable bonds is 9. The van der Waals surface area contributed by atoms with Gasteiger partial charge in [0, 0.05) is 24.0 Å². The smallest absolute Gasteiger partial charge is 0.410 e. The molecule has 6 rings (SSSR count). The quantitative estimate of drug-likeness (QED) is 0.152. The summed E-state index contributed by atoms with van der Waals surface area (Å²) in [7, 11) is 0. The first-order valence-corrected chi connectivity index (χ1v) is 15.3. The molecule has 42 heavy (non-hydrogen) atoms. The van der Waals surface area contributed by atoms with E-state index in [1.165, 1.54) is 16.7 Å². The normalized spacial score (nSPS) is 18.3. The molecule has 2 aliphatic rings. The Hall–Kier alpha value is -4.29. The van der Waals surface area contributed by atoms with Crippen LogP contribution in [0.2, 0.25) is 0 Å². The predicted octanol–water partition coefficient (Wildman–Crippen LogP) is 7.70. The Balaban J connectivity index is 1.38. The Morgan fingerprint density at radius 1 is 0.881 bits per heavy atom. The summed E-state index contributed by atoms with van der Waals surface area (Å²) in [6.07, 6.45) is 4.02. The fourth-order valence-electron chi connectivity index (χ4n) is 6.05. The summed E-state index contributed by atoms with van der Waals surface area (Å²) in [6, 6.07) is 40.6. The Labute approximate surface area is 252 Å². The van der Waals surface area contributed by atoms with E-state index < -0.39 is 4.75 Å². The van der Waals surface area contributed by atoms with Crippen LogP contribution in [0.1, 0.15) is 34.7 Å². The summed E-state index contributed by atoms with van der Waals surface area (Å²) in [4.78, 5) is 21.8. The van der Waals surface area contributed by atoms with E-state index in [9.17, 15) is 4.79 Å². The molecule has 0 aliphatic carbocycles.